The van der Waals surface area contributed by atoms with E-state index in [-0.39, 0.29) is 47.5 Å². The first-order valence-corrected chi connectivity index (χ1v) is 11.5. The van der Waals surface area contributed by atoms with E-state index in [0.717, 1.165) is 0 Å². The molecule has 0 fully saturated rings. The molecule has 0 atom stereocenters. The van der Waals surface area contributed by atoms with Gasteiger partial charge in [0.05, 0.1) is 29.9 Å². The Labute approximate surface area is 215 Å². The standard InChI is InChI=1S/C24H18BrF4N5O3/c25-14-3-6-18-16(9-14)17(10-20(31-18)24(27,28)29)22(36)32-19-12-34(11-13-1-4-15(26)5-2-13)33-21(19)23(37)30-7-8-35/h1-6,9-10,12,35H,7-8,11H2,(H,30,37)(H,32,36). The van der Waals surface area contributed by atoms with Crippen LogP contribution in [0.1, 0.15) is 32.1 Å². The molecule has 8 nitrogen and oxygen atoms in total. The fourth-order valence-electron chi connectivity index (χ4n) is 3.51. The van der Waals surface area contributed by atoms with Crippen LogP contribution in [0.5, 0.6) is 0 Å². The molecular weight excluding hydrogens is 562 g/mol. The third-order valence-corrected chi connectivity index (χ3v) is 5.68. The number of rotatable bonds is 7. The van der Waals surface area contributed by atoms with Gasteiger partial charge < -0.3 is 15.7 Å². The van der Waals surface area contributed by atoms with Crippen molar-refractivity contribution < 1.29 is 32.3 Å². The van der Waals surface area contributed by atoms with Gasteiger partial charge in [-0.15, -0.1) is 0 Å². The van der Waals surface area contributed by atoms with E-state index >= 15 is 0 Å². The average Bonchev–Trinajstić information content (AvgIpc) is 3.24. The van der Waals surface area contributed by atoms with Gasteiger partial charge in [0.15, 0.2) is 5.69 Å². The zero-order valence-electron chi connectivity index (χ0n) is 18.8. The second-order valence-electron chi connectivity index (χ2n) is 7.86. The Bertz CT molecular complexity index is 1470. The third-order valence-electron chi connectivity index (χ3n) is 5.19. The molecule has 2 aromatic carbocycles. The molecule has 0 spiro atoms. The molecule has 4 rings (SSSR count). The largest absolute Gasteiger partial charge is 0.433 e. The number of halogens is 5. The van der Waals surface area contributed by atoms with Gasteiger partial charge in [0.1, 0.15) is 11.5 Å². The summed E-state index contributed by atoms with van der Waals surface area (Å²) in [5.74, 6) is -2.08. The molecule has 2 aromatic heterocycles. The number of alkyl halides is 3. The lowest BCUT2D eigenvalue weighted by Gasteiger charge is -2.12. The van der Waals surface area contributed by atoms with Crippen molar-refractivity contribution in [3.05, 3.63) is 87.5 Å². The second-order valence-corrected chi connectivity index (χ2v) is 8.78. The van der Waals surface area contributed by atoms with E-state index in [4.69, 9.17) is 5.11 Å². The molecule has 0 radical (unpaired) electrons. The van der Waals surface area contributed by atoms with Gasteiger partial charge in [-0.3, -0.25) is 14.3 Å². The summed E-state index contributed by atoms with van der Waals surface area (Å²) in [6.07, 6.45) is -3.47. The summed E-state index contributed by atoms with van der Waals surface area (Å²) in [4.78, 5) is 29.5. The molecule has 37 heavy (non-hydrogen) atoms. The molecule has 13 heteroatoms. The molecule has 0 unspecified atom stereocenters. The summed E-state index contributed by atoms with van der Waals surface area (Å²) in [7, 11) is 0. The Morgan fingerprint density at radius 3 is 2.46 bits per heavy atom. The van der Waals surface area contributed by atoms with E-state index < -0.39 is 29.5 Å². The first-order valence-electron chi connectivity index (χ1n) is 10.7. The number of pyridine rings is 1. The van der Waals surface area contributed by atoms with Crippen molar-refractivity contribution in [3.8, 4) is 0 Å². The van der Waals surface area contributed by atoms with Crippen molar-refractivity contribution in [1.82, 2.24) is 20.1 Å². The number of fused-ring (bicyclic) bond motifs is 1. The smallest absolute Gasteiger partial charge is 0.395 e. The van der Waals surface area contributed by atoms with E-state index in [1.807, 2.05) is 0 Å². The Morgan fingerprint density at radius 2 is 1.78 bits per heavy atom. The minimum atomic E-state index is -4.80. The van der Waals surface area contributed by atoms with Crippen molar-refractivity contribution in [2.24, 2.45) is 0 Å². The quantitative estimate of drug-likeness (QED) is 0.282. The van der Waals surface area contributed by atoms with Crippen molar-refractivity contribution >= 4 is 44.3 Å². The van der Waals surface area contributed by atoms with Crippen LogP contribution in [0, 0.1) is 5.82 Å². The highest BCUT2D eigenvalue weighted by atomic mass is 79.9. The molecule has 0 aliphatic heterocycles. The molecule has 0 saturated heterocycles. The molecule has 2 amide bonds. The Hall–Kier alpha value is -3.84. The number of nitrogens with zero attached hydrogens (tertiary/aromatic N) is 3. The maximum atomic E-state index is 13.5. The number of anilines is 1. The zero-order chi connectivity index (χ0) is 26.7. The molecule has 0 aliphatic carbocycles. The molecule has 3 N–H and O–H groups in total. The van der Waals surface area contributed by atoms with Gasteiger partial charge in [-0.1, -0.05) is 28.1 Å². The number of carbonyl (C=O) groups is 2. The maximum Gasteiger partial charge on any atom is 0.433 e. The first kappa shape index (κ1) is 26.2. The number of carbonyl (C=O) groups excluding carboxylic acids is 2. The monoisotopic (exact) mass is 579 g/mol. The Balaban J connectivity index is 1.73. The lowest BCUT2D eigenvalue weighted by atomic mass is 10.1. The lowest BCUT2D eigenvalue weighted by molar-refractivity contribution is -0.141. The number of amides is 2. The predicted octanol–water partition coefficient (Wildman–Crippen LogP) is 4.37. The Morgan fingerprint density at radius 1 is 1.05 bits per heavy atom. The van der Waals surface area contributed by atoms with Gasteiger partial charge in [-0.2, -0.15) is 18.3 Å². The van der Waals surface area contributed by atoms with Crippen LogP contribution >= 0.6 is 15.9 Å². The van der Waals surface area contributed by atoms with Crippen LogP contribution in [-0.2, 0) is 12.7 Å². The van der Waals surface area contributed by atoms with Gasteiger partial charge in [-0.05, 0) is 42.0 Å². The molecule has 2 heterocycles. The van der Waals surface area contributed by atoms with Crippen molar-refractivity contribution in [2.45, 2.75) is 12.7 Å². The van der Waals surface area contributed by atoms with E-state index in [0.29, 0.717) is 16.1 Å². The van der Waals surface area contributed by atoms with Gasteiger partial charge in [-0.25, -0.2) is 9.37 Å². The Kier molecular flexibility index (Phi) is 7.55. The van der Waals surface area contributed by atoms with Crippen LogP contribution in [-0.4, -0.2) is 44.8 Å². The second kappa shape index (κ2) is 10.6. The number of aliphatic hydroxyl groups excluding tert-OH is 1. The van der Waals surface area contributed by atoms with E-state index in [1.165, 1.54) is 53.3 Å². The third kappa shape index (κ3) is 6.12. The van der Waals surface area contributed by atoms with Crippen LogP contribution < -0.4 is 10.6 Å². The number of benzene rings is 2. The number of nitrogens with one attached hydrogen (secondary N) is 2. The molecular formula is C24H18BrF4N5O3. The number of hydrogen-bond acceptors (Lipinski definition) is 5. The van der Waals surface area contributed by atoms with Gasteiger partial charge in [0.25, 0.3) is 11.8 Å². The summed E-state index contributed by atoms with van der Waals surface area (Å²) in [5, 5.41) is 18.2. The number of hydrogen-bond donors (Lipinski definition) is 3. The molecule has 0 saturated carbocycles. The topological polar surface area (TPSA) is 109 Å². The molecule has 192 valence electrons. The van der Waals surface area contributed by atoms with Gasteiger partial charge >= 0.3 is 6.18 Å². The highest BCUT2D eigenvalue weighted by Crippen LogP contribution is 2.32. The summed E-state index contributed by atoms with van der Waals surface area (Å²) in [6, 6.07) is 10.5. The maximum absolute atomic E-state index is 13.5. The molecule has 0 bridgehead atoms. The predicted molar refractivity (Wildman–Crippen MR) is 130 cm³/mol. The fourth-order valence-corrected chi connectivity index (χ4v) is 3.87. The van der Waals surface area contributed by atoms with Crippen molar-refractivity contribution in [2.75, 3.05) is 18.5 Å². The van der Waals surface area contributed by atoms with Crippen LogP contribution in [0.2, 0.25) is 0 Å². The van der Waals surface area contributed by atoms with E-state index in [2.05, 4.69) is 36.6 Å². The summed E-state index contributed by atoms with van der Waals surface area (Å²) < 4.78 is 55.5. The lowest BCUT2D eigenvalue weighted by Crippen LogP contribution is -2.28. The zero-order valence-corrected chi connectivity index (χ0v) is 20.4. The summed E-state index contributed by atoms with van der Waals surface area (Å²) >= 11 is 3.24. The average molecular weight is 580 g/mol. The summed E-state index contributed by atoms with van der Waals surface area (Å²) in [6.45, 7) is -0.323. The van der Waals surface area contributed by atoms with Crippen LogP contribution in [0.15, 0.2) is 59.2 Å². The SMILES string of the molecule is O=C(NCCO)c1nn(Cc2ccc(F)cc2)cc1NC(=O)c1cc(C(F)(F)F)nc2ccc(Br)cc12. The highest BCUT2D eigenvalue weighted by molar-refractivity contribution is 9.10. The van der Waals surface area contributed by atoms with E-state index in [9.17, 15) is 27.2 Å². The summed E-state index contributed by atoms with van der Waals surface area (Å²) in [5.41, 5.74) is -1.26. The van der Waals surface area contributed by atoms with Crippen LogP contribution in [0.4, 0.5) is 23.2 Å². The van der Waals surface area contributed by atoms with Crippen LogP contribution in [0.3, 0.4) is 0 Å². The van der Waals surface area contributed by atoms with E-state index in [1.54, 1.807) is 0 Å². The number of aliphatic hydroxyl groups is 1. The minimum Gasteiger partial charge on any atom is -0.395 e. The van der Waals surface area contributed by atoms with Gasteiger partial charge in [0.2, 0.25) is 0 Å². The normalized spacial score (nSPS) is 11.5. The number of aromatic nitrogens is 3. The highest BCUT2D eigenvalue weighted by Gasteiger charge is 2.34. The first-order chi connectivity index (χ1) is 17.5. The van der Waals surface area contributed by atoms with Gasteiger partial charge in [0, 0.05) is 22.6 Å². The fraction of sp³-hybridized carbons (Fsp3) is 0.167. The van der Waals surface area contributed by atoms with Crippen LogP contribution in [0.25, 0.3) is 10.9 Å². The minimum absolute atomic E-state index is 0.0453. The van der Waals surface area contributed by atoms with Crippen molar-refractivity contribution in [3.63, 3.8) is 0 Å². The molecule has 4 aromatic rings. The van der Waals surface area contributed by atoms with Crippen molar-refractivity contribution in [1.29, 1.82) is 0 Å². The molecule has 0 aliphatic rings.